The Bertz CT molecular complexity index is 608. The summed E-state index contributed by atoms with van der Waals surface area (Å²) in [7, 11) is 0. The minimum absolute atomic E-state index is 0.0221. The lowest BCUT2D eigenvalue weighted by molar-refractivity contribution is -0.122. The van der Waals surface area contributed by atoms with Crippen LogP contribution in [0.4, 0.5) is 4.79 Å². The van der Waals surface area contributed by atoms with E-state index in [9.17, 15) is 9.59 Å². The maximum absolute atomic E-state index is 12.0. The predicted molar refractivity (Wildman–Crippen MR) is 82.0 cm³/mol. The Morgan fingerprint density at radius 1 is 1.30 bits per heavy atom. The van der Waals surface area contributed by atoms with E-state index in [1.165, 1.54) is 5.56 Å². The van der Waals surface area contributed by atoms with Gasteiger partial charge in [0, 0.05) is 0 Å². The number of amides is 2. The summed E-state index contributed by atoms with van der Waals surface area (Å²) in [5.74, 6) is 2.47. The molecule has 0 bridgehead atoms. The lowest BCUT2D eigenvalue weighted by Gasteiger charge is -2.06. The van der Waals surface area contributed by atoms with Crippen molar-refractivity contribution in [3.63, 3.8) is 0 Å². The Kier molecular flexibility index (Phi) is 4.31. The van der Waals surface area contributed by atoms with Crippen LogP contribution >= 0.6 is 11.8 Å². The zero-order chi connectivity index (χ0) is 14.7. The first-order chi connectivity index (χ1) is 9.52. The van der Waals surface area contributed by atoms with Gasteiger partial charge in [0.25, 0.3) is 11.1 Å². The van der Waals surface area contributed by atoms with Crippen molar-refractivity contribution in [1.82, 2.24) is 4.90 Å². The van der Waals surface area contributed by atoms with Crippen LogP contribution in [0.15, 0.2) is 29.2 Å². The maximum Gasteiger partial charge on any atom is 0.294 e. The Balaban J connectivity index is 2.22. The first-order valence-electron chi connectivity index (χ1n) is 6.31. The molecule has 2 amide bonds. The number of nitrogens with zero attached hydrogens (tertiary/aromatic N) is 1. The molecular weight excluding hydrogens is 270 g/mol. The third-order valence-corrected chi connectivity index (χ3v) is 3.93. The standard InChI is InChI=1S/C16H15NO2S/c1-4-9-17-15(18)14(20-16(17)19)10-12-5-7-13(8-6-12)11(2)3/h1,5-8,10-11H,9H2,2-3H3/b14-10+. The SMILES string of the molecule is C#CCN1C(=O)S/C(=C/c2ccc(C(C)C)cc2)C1=O. The fraction of sp³-hybridized carbons (Fsp3) is 0.250. The molecule has 1 fully saturated rings. The van der Waals surface area contributed by atoms with Gasteiger partial charge in [0.1, 0.15) is 0 Å². The molecule has 1 saturated heterocycles. The van der Waals surface area contributed by atoms with Crippen molar-refractivity contribution in [3.8, 4) is 12.3 Å². The van der Waals surface area contributed by atoms with E-state index in [0.29, 0.717) is 10.8 Å². The van der Waals surface area contributed by atoms with E-state index in [1.807, 2.05) is 24.3 Å². The summed E-state index contributed by atoms with van der Waals surface area (Å²) in [5, 5.41) is -0.307. The van der Waals surface area contributed by atoms with E-state index >= 15 is 0 Å². The van der Waals surface area contributed by atoms with Crippen molar-refractivity contribution in [2.45, 2.75) is 19.8 Å². The molecule has 4 heteroatoms. The molecule has 0 spiro atoms. The largest absolute Gasteiger partial charge is 0.294 e. The lowest BCUT2D eigenvalue weighted by Crippen LogP contribution is -2.28. The van der Waals surface area contributed by atoms with Crippen LogP contribution in [0.2, 0.25) is 0 Å². The molecule has 1 aromatic rings. The van der Waals surface area contributed by atoms with Crippen molar-refractivity contribution in [2.24, 2.45) is 0 Å². The van der Waals surface area contributed by atoms with Crippen molar-refractivity contribution in [3.05, 3.63) is 40.3 Å². The van der Waals surface area contributed by atoms with E-state index < -0.39 is 0 Å². The van der Waals surface area contributed by atoms with Gasteiger partial charge in [0.2, 0.25) is 0 Å². The van der Waals surface area contributed by atoms with Crippen LogP contribution < -0.4 is 0 Å². The number of carbonyl (C=O) groups is 2. The normalized spacial score (nSPS) is 17.1. The molecule has 0 saturated carbocycles. The Labute approximate surface area is 123 Å². The summed E-state index contributed by atoms with van der Waals surface area (Å²) in [4.78, 5) is 25.2. The van der Waals surface area contributed by atoms with Gasteiger partial charge in [-0.2, -0.15) is 0 Å². The number of imide groups is 1. The topological polar surface area (TPSA) is 37.4 Å². The second-order valence-electron chi connectivity index (χ2n) is 4.79. The highest BCUT2D eigenvalue weighted by atomic mass is 32.2. The minimum atomic E-state index is -0.314. The number of hydrogen-bond donors (Lipinski definition) is 0. The summed E-state index contributed by atoms with van der Waals surface area (Å²) in [6.45, 7) is 4.27. The second-order valence-corrected chi connectivity index (χ2v) is 5.79. The van der Waals surface area contributed by atoms with Crippen molar-refractivity contribution in [1.29, 1.82) is 0 Å². The van der Waals surface area contributed by atoms with Gasteiger partial charge in [-0.3, -0.25) is 14.5 Å². The zero-order valence-corrected chi connectivity index (χ0v) is 12.2. The molecule has 1 aromatic carbocycles. The van der Waals surface area contributed by atoms with Gasteiger partial charge in [-0.05, 0) is 34.9 Å². The highest BCUT2D eigenvalue weighted by Gasteiger charge is 2.34. The third kappa shape index (κ3) is 2.94. The molecule has 2 rings (SSSR count). The molecular formula is C16H15NO2S. The summed E-state index contributed by atoms with van der Waals surface area (Å²) in [6, 6.07) is 7.96. The maximum atomic E-state index is 12.0. The van der Waals surface area contributed by atoms with Crippen LogP contribution in [0.1, 0.15) is 30.9 Å². The molecule has 0 N–H and O–H groups in total. The summed E-state index contributed by atoms with van der Waals surface area (Å²) < 4.78 is 0. The Morgan fingerprint density at radius 2 is 1.95 bits per heavy atom. The lowest BCUT2D eigenvalue weighted by atomic mass is 10.0. The zero-order valence-electron chi connectivity index (χ0n) is 11.4. The number of thioether (sulfide) groups is 1. The van der Waals surface area contributed by atoms with Crippen LogP contribution in [0.25, 0.3) is 6.08 Å². The average Bonchev–Trinajstić information content (AvgIpc) is 2.67. The molecule has 1 aliphatic heterocycles. The first-order valence-corrected chi connectivity index (χ1v) is 7.13. The fourth-order valence-electron chi connectivity index (χ4n) is 1.86. The van der Waals surface area contributed by atoms with Gasteiger partial charge in [0.15, 0.2) is 0 Å². The first kappa shape index (κ1) is 14.4. The average molecular weight is 285 g/mol. The molecule has 1 aliphatic rings. The molecule has 102 valence electrons. The van der Waals surface area contributed by atoms with Crippen LogP contribution in [0.5, 0.6) is 0 Å². The molecule has 0 atom stereocenters. The number of terminal acetylenes is 1. The van der Waals surface area contributed by atoms with Gasteiger partial charge in [-0.25, -0.2) is 0 Å². The molecule has 0 unspecified atom stereocenters. The van der Waals surface area contributed by atoms with E-state index in [2.05, 4.69) is 19.8 Å². The Morgan fingerprint density at radius 3 is 2.50 bits per heavy atom. The fourth-order valence-corrected chi connectivity index (χ4v) is 2.69. The second kappa shape index (κ2) is 5.98. The number of carbonyl (C=O) groups excluding carboxylic acids is 2. The van der Waals surface area contributed by atoms with Crippen LogP contribution in [0.3, 0.4) is 0 Å². The van der Waals surface area contributed by atoms with Crippen molar-refractivity contribution < 1.29 is 9.59 Å². The van der Waals surface area contributed by atoms with Gasteiger partial charge < -0.3 is 0 Å². The van der Waals surface area contributed by atoms with Gasteiger partial charge in [0.05, 0.1) is 11.4 Å². The molecule has 0 aromatic heterocycles. The summed E-state index contributed by atoms with van der Waals surface area (Å²) in [5.41, 5.74) is 2.14. The molecule has 0 radical (unpaired) electrons. The Hall–Kier alpha value is -1.99. The molecule has 3 nitrogen and oxygen atoms in total. The number of benzene rings is 1. The van der Waals surface area contributed by atoms with Crippen molar-refractivity contribution >= 4 is 29.0 Å². The monoisotopic (exact) mass is 285 g/mol. The van der Waals surface area contributed by atoms with E-state index in [1.54, 1.807) is 6.08 Å². The predicted octanol–water partition coefficient (Wildman–Crippen LogP) is 3.48. The number of rotatable bonds is 3. The smallest absolute Gasteiger partial charge is 0.268 e. The minimum Gasteiger partial charge on any atom is -0.268 e. The quantitative estimate of drug-likeness (QED) is 0.630. The molecule has 20 heavy (non-hydrogen) atoms. The van der Waals surface area contributed by atoms with Crippen LogP contribution in [-0.2, 0) is 4.79 Å². The van der Waals surface area contributed by atoms with E-state index in [-0.39, 0.29) is 17.7 Å². The van der Waals surface area contributed by atoms with E-state index in [4.69, 9.17) is 6.42 Å². The number of hydrogen-bond acceptors (Lipinski definition) is 3. The van der Waals surface area contributed by atoms with Crippen LogP contribution in [-0.4, -0.2) is 22.6 Å². The van der Waals surface area contributed by atoms with Gasteiger partial charge >= 0.3 is 0 Å². The van der Waals surface area contributed by atoms with E-state index in [0.717, 1.165) is 22.2 Å². The van der Waals surface area contributed by atoms with Gasteiger partial charge in [-0.15, -0.1) is 6.42 Å². The van der Waals surface area contributed by atoms with Gasteiger partial charge in [-0.1, -0.05) is 44.0 Å². The highest BCUT2D eigenvalue weighted by molar-refractivity contribution is 8.18. The molecule has 0 aliphatic carbocycles. The molecule has 1 heterocycles. The van der Waals surface area contributed by atoms with Crippen LogP contribution in [0, 0.1) is 12.3 Å². The highest BCUT2D eigenvalue weighted by Crippen LogP contribution is 2.32. The van der Waals surface area contributed by atoms with Crippen molar-refractivity contribution in [2.75, 3.05) is 6.54 Å². The summed E-state index contributed by atoms with van der Waals surface area (Å²) >= 11 is 0.930. The summed E-state index contributed by atoms with van der Waals surface area (Å²) in [6.07, 6.45) is 6.88. The third-order valence-electron chi connectivity index (χ3n) is 3.02.